The van der Waals surface area contributed by atoms with Crippen molar-refractivity contribution >= 4 is 33.2 Å². The number of hydrogen-bond donors (Lipinski definition) is 0. The number of sulfonamides is 1. The highest BCUT2D eigenvalue weighted by Crippen LogP contribution is 2.28. The van der Waals surface area contributed by atoms with E-state index in [1.165, 1.54) is 44.5 Å². The van der Waals surface area contributed by atoms with Crippen LogP contribution in [0.5, 0.6) is 5.75 Å². The van der Waals surface area contributed by atoms with E-state index >= 15 is 0 Å². The Kier molecular flexibility index (Phi) is 6.84. The number of benzene rings is 2. The van der Waals surface area contributed by atoms with Crippen molar-refractivity contribution in [3.8, 4) is 5.75 Å². The fraction of sp³-hybridized carbons (Fsp3) is 0.350. The van der Waals surface area contributed by atoms with Crippen LogP contribution in [-0.4, -0.2) is 70.4 Å². The SMILES string of the molecule is COc1ccc(S(=O)(=O)N(C)CC(=O)N2CCN(c3ccc(F)cc3)CC2)cc1Cl. The smallest absolute Gasteiger partial charge is 0.243 e. The van der Waals surface area contributed by atoms with E-state index in [4.69, 9.17) is 16.3 Å². The molecular formula is C20H23ClFN3O4S. The van der Waals surface area contributed by atoms with Gasteiger partial charge in [-0.05, 0) is 42.5 Å². The number of carbonyl (C=O) groups is 1. The van der Waals surface area contributed by atoms with Crippen LogP contribution in [0.15, 0.2) is 47.4 Å². The first-order valence-electron chi connectivity index (χ1n) is 9.30. The number of hydrogen-bond acceptors (Lipinski definition) is 5. The maximum atomic E-state index is 13.1. The van der Waals surface area contributed by atoms with Crippen molar-refractivity contribution in [2.24, 2.45) is 0 Å². The lowest BCUT2D eigenvalue weighted by atomic mass is 10.2. The van der Waals surface area contributed by atoms with Crippen molar-refractivity contribution in [1.82, 2.24) is 9.21 Å². The molecule has 1 heterocycles. The molecule has 1 saturated heterocycles. The number of amides is 1. The summed E-state index contributed by atoms with van der Waals surface area (Å²) < 4.78 is 44.7. The van der Waals surface area contributed by atoms with Crippen molar-refractivity contribution in [2.75, 3.05) is 51.8 Å². The normalized spacial score (nSPS) is 14.8. The molecule has 0 spiro atoms. The third-order valence-electron chi connectivity index (χ3n) is 5.01. The Morgan fingerprint density at radius 3 is 2.33 bits per heavy atom. The van der Waals surface area contributed by atoms with Gasteiger partial charge in [0.05, 0.1) is 23.6 Å². The molecule has 30 heavy (non-hydrogen) atoms. The molecule has 0 bridgehead atoms. The second-order valence-corrected chi connectivity index (χ2v) is 9.35. The molecule has 3 rings (SSSR count). The highest BCUT2D eigenvalue weighted by Gasteiger charge is 2.27. The zero-order chi connectivity index (χ0) is 21.9. The Bertz CT molecular complexity index is 1010. The Hall–Kier alpha value is -2.36. The van der Waals surface area contributed by atoms with Gasteiger partial charge in [-0.25, -0.2) is 12.8 Å². The summed E-state index contributed by atoms with van der Waals surface area (Å²) >= 11 is 6.03. The number of rotatable bonds is 6. The maximum Gasteiger partial charge on any atom is 0.243 e. The third kappa shape index (κ3) is 4.85. The molecule has 0 aliphatic carbocycles. The molecule has 0 unspecified atom stereocenters. The van der Waals surface area contributed by atoms with Crippen LogP contribution in [0.1, 0.15) is 0 Å². The number of likely N-dealkylation sites (N-methyl/N-ethyl adjacent to an activating group) is 1. The zero-order valence-electron chi connectivity index (χ0n) is 16.7. The van der Waals surface area contributed by atoms with Gasteiger partial charge in [-0.15, -0.1) is 0 Å². The minimum absolute atomic E-state index is 0.00951. The van der Waals surface area contributed by atoms with Crippen LogP contribution in [0.2, 0.25) is 5.02 Å². The van der Waals surface area contributed by atoms with Crippen LogP contribution >= 0.6 is 11.6 Å². The first-order chi connectivity index (χ1) is 14.2. The summed E-state index contributed by atoms with van der Waals surface area (Å²) in [6.07, 6.45) is 0. The number of halogens is 2. The highest BCUT2D eigenvalue weighted by atomic mass is 35.5. The summed E-state index contributed by atoms with van der Waals surface area (Å²) in [5, 5.41) is 0.176. The van der Waals surface area contributed by atoms with Gasteiger partial charge in [-0.2, -0.15) is 4.31 Å². The Morgan fingerprint density at radius 2 is 1.77 bits per heavy atom. The average Bonchev–Trinajstić information content (AvgIpc) is 2.74. The molecular weight excluding hydrogens is 433 g/mol. The summed E-state index contributed by atoms with van der Waals surface area (Å²) in [7, 11) is -1.08. The zero-order valence-corrected chi connectivity index (χ0v) is 18.3. The molecule has 0 saturated carbocycles. The van der Waals surface area contributed by atoms with E-state index in [2.05, 4.69) is 4.90 Å². The lowest BCUT2D eigenvalue weighted by molar-refractivity contribution is -0.131. The summed E-state index contributed by atoms with van der Waals surface area (Å²) in [4.78, 5) is 16.3. The quantitative estimate of drug-likeness (QED) is 0.669. The van der Waals surface area contributed by atoms with E-state index in [1.54, 1.807) is 17.0 Å². The summed E-state index contributed by atoms with van der Waals surface area (Å²) in [5.41, 5.74) is 0.888. The standard InChI is InChI=1S/C20H23ClFN3O4S/c1-23(30(27,28)17-7-8-19(29-2)18(21)13-17)14-20(26)25-11-9-24(10-12-25)16-5-3-15(22)4-6-16/h3-8,13H,9-12,14H2,1-2H3. The van der Waals surface area contributed by atoms with Gasteiger partial charge in [-0.3, -0.25) is 4.79 Å². The van der Waals surface area contributed by atoms with E-state index in [1.807, 2.05) is 0 Å². The predicted molar refractivity (Wildman–Crippen MR) is 113 cm³/mol. The number of methoxy groups -OCH3 is 1. The van der Waals surface area contributed by atoms with Gasteiger partial charge in [0.1, 0.15) is 11.6 Å². The molecule has 0 aromatic heterocycles. The first-order valence-corrected chi connectivity index (χ1v) is 11.1. The first kappa shape index (κ1) is 22.3. The minimum Gasteiger partial charge on any atom is -0.495 e. The van der Waals surface area contributed by atoms with E-state index in [9.17, 15) is 17.6 Å². The van der Waals surface area contributed by atoms with Gasteiger partial charge in [-0.1, -0.05) is 11.6 Å². The number of carbonyl (C=O) groups excluding carboxylic acids is 1. The maximum absolute atomic E-state index is 13.1. The topological polar surface area (TPSA) is 70.2 Å². The van der Waals surface area contributed by atoms with Gasteiger partial charge < -0.3 is 14.5 Å². The highest BCUT2D eigenvalue weighted by molar-refractivity contribution is 7.89. The molecule has 2 aromatic carbocycles. The Labute approximate surface area is 180 Å². The van der Waals surface area contributed by atoms with Crippen molar-refractivity contribution in [3.05, 3.63) is 53.3 Å². The Morgan fingerprint density at radius 1 is 1.13 bits per heavy atom. The number of ether oxygens (including phenoxy) is 1. The molecule has 1 aliphatic heterocycles. The van der Waals surface area contributed by atoms with Crippen LogP contribution in [0.25, 0.3) is 0 Å². The van der Waals surface area contributed by atoms with Gasteiger partial charge in [0.25, 0.3) is 0 Å². The molecule has 162 valence electrons. The van der Waals surface area contributed by atoms with E-state index in [0.717, 1.165) is 9.99 Å². The second-order valence-electron chi connectivity index (χ2n) is 6.90. The van der Waals surface area contributed by atoms with E-state index in [0.29, 0.717) is 31.9 Å². The van der Waals surface area contributed by atoms with Gasteiger partial charge in [0, 0.05) is 38.9 Å². The minimum atomic E-state index is -3.88. The van der Waals surface area contributed by atoms with Crippen LogP contribution < -0.4 is 9.64 Å². The fourth-order valence-electron chi connectivity index (χ4n) is 3.23. The summed E-state index contributed by atoms with van der Waals surface area (Å²) in [6, 6.07) is 10.4. The fourth-order valence-corrected chi connectivity index (χ4v) is 4.70. The second kappa shape index (κ2) is 9.20. The van der Waals surface area contributed by atoms with Crippen molar-refractivity contribution in [2.45, 2.75) is 4.90 Å². The monoisotopic (exact) mass is 455 g/mol. The summed E-state index contributed by atoms with van der Waals surface area (Å²) in [5.74, 6) is -0.206. The molecule has 0 atom stereocenters. The number of piperazine rings is 1. The van der Waals surface area contributed by atoms with Crippen LogP contribution in [0.3, 0.4) is 0 Å². The Balaban J connectivity index is 1.60. The van der Waals surface area contributed by atoms with Crippen molar-refractivity contribution in [1.29, 1.82) is 0 Å². The molecule has 10 heteroatoms. The molecule has 0 radical (unpaired) electrons. The van der Waals surface area contributed by atoms with Crippen LogP contribution in [-0.2, 0) is 14.8 Å². The van der Waals surface area contributed by atoms with E-state index < -0.39 is 10.0 Å². The molecule has 1 amide bonds. The van der Waals surface area contributed by atoms with Gasteiger partial charge >= 0.3 is 0 Å². The molecule has 2 aromatic rings. The molecule has 7 nitrogen and oxygen atoms in total. The van der Waals surface area contributed by atoms with Gasteiger partial charge in [0.15, 0.2) is 0 Å². The van der Waals surface area contributed by atoms with E-state index in [-0.39, 0.29) is 28.2 Å². The largest absolute Gasteiger partial charge is 0.495 e. The lowest BCUT2D eigenvalue weighted by Gasteiger charge is -2.36. The molecule has 1 aliphatic rings. The van der Waals surface area contributed by atoms with Crippen molar-refractivity contribution < 1.29 is 22.3 Å². The molecule has 1 fully saturated rings. The molecule has 0 N–H and O–H groups in total. The summed E-state index contributed by atoms with van der Waals surface area (Å²) in [6.45, 7) is 1.81. The van der Waals surface area contributed by atoms with Crippen molar-refractivity contribution in [3.63, 3.8) is 0 Å². The van der Waals surface area contributed by atoms with Crippen LogP contribution in [0, 0.1) is 5.82 Å². The lowest BCUT2D eigenvalue weighted by Crippen LogP contribution is -2.51. The predicted octanol–water partition coefficient (Wildman–Crippen LogP) is 2.46. The van der Waals surface area contributed by atoms with Gasteiger partial charge in [0.2, 0.25) is 15.9 Å². The number of nitrogens with zero attached hydrogens (tertiary/aromatic N) is 3. The van der Waals surface area contributed by atoms with Crippen LogP contribution in [0.4, 0.5) is 10.1 Å². The average molecular weight is 456 g/mol. The number of anilines is 1. The third-order valence-corrected chi connectivity index (χ3v) is 7.11.